The summed E-state index contributed by atoms with van der Waals surface area (Å²) in [6.45, 7) is 7.19. The highest BCUT2D eigenvalue weighted by molar-refractivity contribution is 7.99. The molecule has 4 heteroatoms. The molecule has 3 nitrogen and oxygen atoms in total. The second-order valence-corrected chi connectivity index (χ2v) is 5.50. The fourth-order valence-electron chi connectivity index (χ4n) is 0.855. The van der Waals surface area contributed by atoms with Gasteiger partial charge >= 0.3 is 0 Å². The molecule has 0 radical (unpaired) electrons. The second-order valence-electron chi connectivity index (χ2n) is 3.99. The Balaban J connectivity index is 3.88. The summed E-state index contributed by atoms with van der Waals surface area (Å²) < 4.78 is 0.140. The Bertz CT molecular complexity index is 245. The quantitative estimate of drug-likeness (QED) is 0.662. The number of hydrogen-bond acceptors (Lipinski definition) is 3. The van der Waals surface area contributed by atoms with Crippen LogP contribution in [0, 0.1) is 12.3 Å². The molecule has 0 aromatic heterocycles. The van der Waals surface area contributed by atoms with Gasteiger partial charge in [0.2, 0.25) is 5.91 Å². The van der Waals surface area contributed by atoms with E-state index in [0.717, 1.165) is 6.54 Å². The fourth-order valence-corrected chi connectivity index (χ4v) is 1.08. The Labute approximate surface area is 96.8 Å². The third kappa shape index (κ3) is 6.43. The molecule has 0 rings (SSSR count). The van der Waals surface area contributed by atoms with E-state index >= 15 is 0 Å². The highest BCUT2D eigenvalue weighted by Crippen LogP contribution is 2.19. The highest BCUT2D eigenvalue weighted by atomic mass is 32.2. The van der Waals surface area contributed by atoms with Gasteiger partial charge in [-0.05, 0) is 27.0 Å². The van der Waals surface area contributed by atoms with Gasteiger partial charge in [0.05, 0.1) is 12.6 Å². The summed E-state index contributed by atoms with van der Waals surface area (Å²) in [5, 5.41) is 5.82. The van der Waals surface area contributed by atoms with Crippen LogP contribution in [0.3, 0.4) is 0 Å². The Hall–Kier alpha value is -0.660. The standard InChI is InChI=1S/C11H20N2OS/c1-6-7-12-10(14)9(2)13-8-11(3,4)15-5/h1,9,13H,7-8H2,2-5H3,(H,12,14). The monoisotopic (exact) mass is 228 g/mol. The molecule has 1 atom stereocenters. The van der Waals surface area contributed by atoms with Gasteiger partial charge in [-0.25, -0.2) is 0 Å². The summed E-state index contributed by atoms with van der Waals surface area (Å²) in [6.07, 6.45) is 7.11. The van der Waals surface area contributed by atoms with E-state index in [9.17, 15) is 4.79 Å². The third-order valence-corrected chi connectivity index (χ3v) is 3.39. The fraction of sp³-hybridized carbons (Fsp3) is 0.727. The van der Waals surface area contributed by atoms with Crippen LogP contribution in [-0.2, 0) is 4.79 Å². The summed E-state index contributed by atoms with van der Waals surface area (Å²) in [5.41, 5.74) is 0. The van der Waals surface area contributed by atoms with Gasteiger partial charge in [-0.1, -0.05) is 5.92 Å². The third-order valence-electron chi connectivity index (χ3n) is 2.14. The summed E-state index contributed by atoms with van der Waals surface area (Å²) in [7, 11) is 0. The highest BCUT2D eigenvalue weighted by Gasteiger charge is 2.19. The van der Waals surface area contributed by atoms with Gasteiger partial charge in [0.25, 0.3) is 0 Å². The number of carbonyl (C=O) groups excluding carboxylic acids is 1. The molecule has 0 bridgehead atoms. The molecule has 0 spiro atoms. The van der Waals surface area contributed by atoms with Crippen LogP contribution < -0.4 is 10.6 Å². The van der Waals surface area contributed by atoms with E-state index in [1.54, 1.807) is 11.8 Å². The first-order valence-electron chi connectivity index (χ1n) is 4.92. The maximum atomic E-state index is 11.4. The number of terminal acetylenes is 1. The van der Waals surface area contributed by atoms with Gasteiger partial charge in [-0.3, -0.25) is 4.79 Å². The van der Waals surface area contributed by atoms with Crippen LogP contribution in [-0.4, -0.2) is 36.0 Å². The first-order chi connectivity index (χ1) is 6.93. The van der Waals surface area contributed by atoms with Gasteiger partial charge in [0.15, 0.2) is 0 Å². The van der Waals surface area contributed by atoms with Gasteiger partial charge < -0.3 is 10.6 Å². The SMILES string of the molecule is C#CCNC(=O)C(C)NCC(C)(C)SC. The van der Waals surface area contributed by atoms with Crippen molar-refractivity contribution in [3.8, 4) is 12.3 Å². The lowest BCUT2D eigenvalue weighted by Crippen LogP contribution is -2.46. The number of amides is 1. The van der Waals surface area contributed by atoms with Crippen molar-refractivity contribution in [1.29, 1.82) is 0 Å². The van der Waals surface area contributed by atoms with E-state index in [4.69, 9.17) is 6.42 Å². The molecule has 0 saturated heterocycles. The Morgan fingerprint density at radius 2 is 2.20 bits per heavy atom. The van der Waals surface area contributed by atoms with Gasteiger partial charge in [0.1, 0.15) is 0 Å². The lowest BCUT2D eigenvalue weighted by Gasteiger charge is -2.24. The predicted octanol–water partition coefficient (Wildman–Crippen LogP) is 0.855. The first-order valence-corrected chi connectivity index (χ1v) is 6.15. The van der Waals surface area contributed by atoms with Crippen molar-refractivity contribution < 1.29 is 4.79 Å². The molecule has 0 aromatic carbocycles. The lowest BCUT2D eigenvalue weighted by atomic mass is 10.2. The molecule has 0 aromatic rings. The van der Waals surface area contributed by atoms with E-state index in [2.05, 4.69) is 36.7 Å². The normalized spacial score (nSPS) is 13.0. The van der Waals surface area contributed by atoms with Crippen molar-refractivity contribution in [3.05, 3.63) is 0 Å². The molecule has 2 N–H and O–H groups in total. The summed E-state index contributed by atoms with van der Waals surface area (Å²) in [6, 6.07) is -0.204. The van der Waals surface area contributed by atoms with Crippen LogP contribution in [0.4, 0.5) is 0 Å². The topological polar surface area (TPSA) is 41.1 Å². The predicted molar refractivity (Wildman–Crippen MR) is 66.9 cm³/mol. The molecule has 0 aliphatic heterocycles. The molecule has 0 saturated carbocycles. The van der Waals surface area contributed by atoms with E-state index in [-0.39, 0.29) is 23.2 Å². The van der Waals surface area contributed by atoms with E-state index in [1.165, 1.54) is 0 Å². The number of carbonyl (C=O) groups is 1. The van der Waals surface area contributed by atoms with Crippen molar-refractivity contribution in [2.75, 3.05) is 19.3 Å². The second kappa shape index (κ2) is 6.76. The zero-order valence-corrected chi connectivity index (χ0v) is 10.7. The number of rotatable bonds is 6. The van der Waals surface area contributed by atoms with Crippen molar-refractivity contribution in [2.24, 2.45) is 0 Å². The van der Waals surface area contributed by atoms with E-state index in [0.29, 0.717) is 0 Å². The maximum absolute atomic E-state index is 11.4. The molecule has 86 valence electrons. The van der Waals surface area contributed by atoms with Crippen LogP contribution in [0.25, 0.3) is 0 Å². The minimum Gasteiger partial charge on any atom is -0.344 e. The van der Waals surface area contributed by atoms with Gasteiger partial charge in [-0.2, -0.15) is 11.8 Å². The minimum atomic E-state index is -0.204. The van der Waals surface area contributed by atoms with Crippen LogP contribution in [0.5, 0.6) is 0 Å². The van der Waals surface area contributed by atoms with Crippen molar-refractivity contribution in [3.63, 3.8) is 0 Å². The van der Waals surface area contributed by atoms with E-state index < -0.39 is 0 Å². The van der Waals surface area contributed by atoms with Crippen molar-refractivity contribution >= 4 is 17.7 Å². The summed E-state index contributed by atoms with van der Waals surface area (Å²) >= 11 is 1.77. The lowest BCUT2D eigenvalue weighted by molar-refractivity contribution is -0.122. The molecule has 0 aliphatic rings. The summed E-state index contributed by atoms with van der Waals surface area (Å²) in [4.78, 5) is 11.4. The zero-order chi connectivity index (χ0) is 11.9. The molecule has 1 amide bonds. The molecule has 0 fully saturated rings. The molecule has 15 heavy (non-hydrogen) atoms. The number of nitrogens with one attached hydrogen (secondary N) is 2. The van der Waals surface area contributed by atoms with Crippen LogP contribution in [0.1, 0.15) is 20.8 Å². The summed E-state index contributed by atoms with van der Waals surface area (Å²) in [5.74, 6) is 2.32. The number of thioether (sulfide) groups is 1. The molecular weight excluding hydrogens is 208 g/mol. The molecule has 0 aliphatic carbocycles. The average molecular weight is 228 g/mol. The smallest absolute Gasteiger partial charge is 0.237 e. The van der Waals surface area contributed by atoms with E-state index in [1.807, 2.05) is 6.92 Å². The average Bonchev–Trinajstić information content (AvgIpc) is 2.22. The number of hydrogen-bond donors (Lipinski definition) is 2. The Kier molecular flexibility index (Phi) is 6.46. The van der Waals surface area contributed by atoms with Gasteiger partial charge in [0, 0.05) is 11.3 Å². The van der Waals surface area contributed by atoms with Crippen molar-refractivity contribution in [1.82, 2.24) is 10.6 Å². The van der Waals surface area contributed by atoms with Gasteiger partial charge in [-0.15, -0.1) is 6.42 Å². The van der Waals surface area contributed by atoms with Crippen molar-refractivity contribution in [2.45, 2.75) is 31.6 Å². The minimum absolute atomic E-state index is 0.0511. The Morgan fingerprint density at radius 3 is 2.67 bits per heavy atom. The molecular formula is C11H20N2OS. The Morgan fingerprint density at radius 1 is 1.60 bits per heavy atom. The molecule has 0 heterocycles. The maximum Gasteiger partial charge on any atom is 0.237 e. The van der Waals surface area contributed by atoms with Crippen LogP contribution in [0.15, 0.2) is 0 Å². The van der Waals surface area contributed by atoms with Crippen LogP contribution >= 0.6 is 11.8 Å². The first kappa shape index (κ1) is 14.3. The largest absolute Gasteiger partial charge is 0.344 e. The zero-order valence-electron chi connectivity index (χ0n) is 9.89. The van der Waals surface area contributed by atoms with Crippen LogP contribution in [0.2, 0.25) is 0 Å². The molecule has 1 unspecified atom stereocenters.